The van der Waals surface area contributed by atoms with Gasteiger partial charge < -0.3 is 14.2 Å². The lowest BCUT2D eigenvalue weighted by molar-refractivity contribution is -0.167. The lowest BCUT2D eigenvalue weighted by Crippen LogP contribution is -2.30. The van der Waals surface area contributed by atoms with Crippen LogP contribution >= 0.6 is 0 Å². The van der Waals surface area contributed by atoms with Gasteiger partial charge in [0, 0.05) is 19.3 Å². The van der Waals surface area contributed by atoms with Crippen molar-refractivity contribution in [2.24, 2.45) is 0 Å². The molecule has 0 saturated heterocycles. The van der Waals surface area contributed by atoms with Gasteiger partial charge in [-0.3, -0.25) is 14.4 Å². The summed E-state index contributed by atoms with van der Waals surface area (Å²) in [5.41, 5.74) is 0. The number of hydrogen-bond donors (Lipinski definition) is 0. The van der Waals surface area contributed by atoms with Gasteiger partial charge >= 0.3 is 17.9 Å². The molecule has 82 heavy (non-hydrogen) atoms. The Hall–Kier alpha value is -4.71. The Bertz CT molecular complexity index is 1780. The highest BCUT2D eigenvalue weighted by atomic mass is 16.6. The molecule has 0 aliphatic rings. The van der Waals surface area contributed by atoms with Gasteiger partial charge in [-0.1, -0.05) is 301 Å². The SMILES string of the molecule is CC/C=C\C/C=C\C/C=C\C/C=C\C/C=C\C/C=C\C/C=C\CCCCCCCCCCCCCCCC(=O)OCC(COC(=O)CCCCCCCCCCCC)OC(=O)CCCCC/C=C\C/C=C\C/C=C\C/C=C\C/C=C\CC. The number of carbonyl (C=O) groups is 3. The van der Waals surface area contributed by atoms with E-state index in [4.69, 9.17) is 14.2 Å². The predicted molar refractivity (Wildman–Crippen MR) is 357 cm³/mol. The van der Waals surface area contributed by atoms with Gasteiger partial charge in [0.2, 0.25) is 0 Å². The first kappa shape index (κ1) is 77.3. The fourth-order valence-electron chi connectivity index (χ4n) is 9.10. The van der Waals surface area contributed by atoms with E-state index < -0.39 is 6.10 Å². The smallest absolute Gasteiger partial charge is 0.306 e. The molecular weight excluding hydrogens is 1010 g/mol. The molecule has 0 saturated carbocycles. The van der Waals surface area contributed by atoms with Crippen LogP contribution in [0.25, 0.3) is 0 Å². The number of unbranched alkanes of at least 4 members (excludes halogenated alkanes) is 25. The summed E-state index contributed by atoms with van der Waals surface area (Å²) in [7, 11) is 0. The molecule has 0 aromatic heterocycles. The quantitative estimate of drug-likeness (QED) is 0.0261. The second-order valence-corrected chi connectivity index (χ2v) is 22.0. The topological polar surface area (TPSA) is 78.9 Å². The fourth-order valence-corrected chi connectivity index (χ4v) is 9.10. The van der Waals surface area contributed by atoms with Gasteiger partial charge in [-0.15, -0.1) is 0 Å². The first-order chi connectivity index (χ1) is 40.5. The van der Waals surface area contributed by atoms with Crippen LogP contribution in [0.5, 0.6) is 0 Å². The number of allylic oxidation sites excluding steroid dienone is 24. The van der Waals surface area contributed by atoms with Crippen molar-refractivity contribution >= 4 is 17.9 Å². The molecule has 6 heteroatoms. The number of carbonyl (C=O) groups excluding carboxylic acids is 3. The molecule has 0 fully saturated rings. The van der Waals surface area contributed by atoms with Crippen LogP contribution in [-0.4, -0.2) is 37.2 Å². The van der Waals surface area contributed by atoms with Crippen LogP contribution < -0.4 is 0 Å². The van der Waals surface area contributed by atoms with Crippen molar-refractivity contribution in [2.45, 2.75) is 303 Å². The summed E-state index contributed by atoms with van der Waals surface area (Å²) in [6.07, 6.45) is 98.8. The van der Waals surface area contributed by atoms with Crippen molar-refractivity contribution in [3.8, 4) is 0 Å². The van der Waals surface area contributed by atoms with Gasteiger partial charge in [0.1, 0.15) is 13.2 Å². The third-order valence-electron chi connectivity index (χ3n) is 14.1. The number of hydrogen-bond acceptors (Lipinski definition) is 6. The summed E-state index contributed by atoms with van der Waals surface area (Å²) in [4.78, 5) is 38.2. The van der Waals surface area contributed by atoms with Crippen LogP contribution in [-0.2, 0) is 28.6 Å². The molecule has 1 unspecified atom stereocenters. The maximum atomic E-state index is 12.9. The number of esters is 3. The third kappa shape index (κ3) is 66.1. The minimum absolute atomic E-state index is 0.0924. The predicted octanol–water partition coefficient (Wildman–Crippen LogP) is 23.5. The first-order valence-electron chi connectivity index (χ1n) is 33.8. The summed E-state index contributed by atoms with van der Waals surface area (Å²) in [5.74, 6) is -0.924. The molecule has 0 aliphatic heterocycles. The Morgan fingerprint density at radius 1 is 0.256 bits per heavy atom. The summed E-state index contributed by atoms with van der Waals surface area (Å²) >= 11 is 0. The van der Waals surface area contributed by atoms with Gasteiger partial charge in [0.05, 0.1) is 0 Å². The highest BCUT2D eigenvalue weighted by Crippen LogP contribution is 2.16. The van der Waals surface area contributed by atoms with Gasteiger partial charge in [0.15, 0.2) is 6.10 Å². The highest BCUT2D eigenvalue weighted by Gasteiger charge is 2.19. The molecule has 0 bridgehead atoms. The standard InChI is InChI=1S/C76H124O6/c1-4-7-10-13-16-19-22-24-26-28-30-31-32-33-34-35-36-37-38-39-40-41-42-43-44-45-47-48-50-52-54-57-60-63-66-69-75(78)81-72-73(71-80-74(77)68-65-62-59-56-21-18-15-12-9-6-3)82-76(79)70-67-64-61-58-55-53-51-49-46-29-27-25-23-20-17-14-11-8-5-2/h7-8,10-11,16-17,19-20,24-27,30-31,33-34,36-37,39-40,46,49,53,55,73H,4-6,9,12-15,18,21-23,28-29,32,35,38,41-45,47-48,50-52,54,56-72H2,1-3H3/b10-7-,11-8-,19-16-,20-17-,26-24-,27-25-,31-30-,34-33-,37-36-,40-39-,49-46-,55-53-. The molecule has 0 spiro atoms. The number of rotatable bonds is 60. The van der Waals surface area contributed by atoms with E-state index in [1.807, 2.05) is 0 Å². The summed E-state index contributed by atoms with van der Waals surface area (Å²) in [5, 5.41) is 0. The van der Waals surface area contributed by atoms with E-state index in [-0.39, 0.29) is 37.5 Å². The second kappa shape index (κ2) is 68.8. The lowest BCUT2D eigenvalue weighted by Gasteiger charge is -2.18. The van der Waals surface area contributed by atoms with Crippen LogP contribution in [0.15, 0.2) is 146 Å². The maximum absolute atomic E-state index is 12.9. The minimum Gasteiger partial charge on any atom is -0.462 e. The van der Waals surface area contributed by atoms with E-state index in [0.29, 0.717) is 12.8 Å². The molecule has 1 atom stereocenters. The average Bonchev–Trinajstić information content (AvgIpc) is 3.48. The Morgan fingerprint density at radius 2 is 0.476 bits per heavy atom. The zero-order chi connectivity index (χ0) is 59.2. The largest absolute Gasteiger partial charge is 0.462 e. The molecule has 0 amide bonds. The monoisotopic (exact) mass is 1130 g/mol. The lowest BCUT2D eigenvalue weighted by atomic mass is 10.0. The maximum Gasteiger partial charge on any atom is 0.306 e. The molecular formula is C76H124O6. The van der Waals surface area contributed by atoms with Gasteiger partial charge in [-0.25, -0.2) is 0 Å². The molecule has 464 valence electrons. The Labute approximate surface area is 506 Å². The number of ether oxygens (including phenoxy) is 3. The van der Waals surface area contributed by atoms with Gasteiger partial charge in [-0.05, 0) is 122 Å². The Balaban J connectivity index is 4.20. The molecule has 0 aliphatic carbocycles. The van der Waals surface area contributed by atoms with E-state index in [9.17, 15) is 14.4 Å². The molecule has 0 aromatic rings. The summed E-state index contributed by atoms with van der Waals surface area (Å²) in [6.45, 7) is 6.38. The second-order valence-electron chi connectivity index (χ2n) is 22.0. The van der Waals surface area contributed by atoms with Crippen LogP contribution in [0.1, 0.15) is 297 Å². The van der Waals surface area contributed by atoms with Crippen LogP contribution in [0, 0.1) is 0 Å². The Morgan fingerprint density at radius 3 is 0.756 bits per heavy atom. The van der Waals surface area contributed by atoms with E-state index in [0.717, 1.165) is 141 Å². The highest BCUT2D eigenvalue weighted by molar-refractivity contribution is 5.71. The van der Waals surface area contributed by atoms with E-state index in [2.05, 4.69) is 167 Å². The van der Waals surface area contributed by atoms with Crippen LogP contribution in [0.3, 0.4) is 0 Å². The molecule has 0 heterocycles. The molecule has 0 radical (unpaired) electrons. The van der Waals surface area contributed by atoms with Crippen molar-refractivity contribution in [2.75, 3.05) is 13.2 Å². The summed E-state index contributed by atoms with van der Waals surface area (Å²) < 4.78 is 16.9. The van der Waals surface area contributed by atoms with Crippen molar-refractivity contribution in [3.63, 3.8) is 0 Å². The molecule has 6 nitrogen and oxygen atoms in total. The average molecular weight is 1130 g/mol. The van der Waals surface area contributed by atoms with Crippen LogP contribution in [0.2, 0.25) is 0 Å². The first-order valence-corrected chi connectivity index (χ1v) is 33.8. The zero-order valence-corrected chi connectivity index (χ0v) is 53.2. The van der Waals surface area contributed by atoms with Gasteiger partial charge in [-0.2, -0.15) is 0 Å². The van der Waals surface area contributed by atoms with Crippen molar-refractivity contribution in [3.05, 3.63) is 146 Å². The normalized spacial score (nSPS) is 13.1. The molecule has 0 N–H and O–H groups in total. The Kier molecular flexibility index (Phi) is 64.8. The van der Waals surface area contributed by atoms with E-state index >= 15 is 0 Å². The van der Waals surface area contributed by atoms with E-state index in [1.54, 1.807) is 0 Å². The summed E-state index contributed by atoms with van der Waals surface area (Å²) in [6, 6.07) is 0. The molecule has 0 aromatic carbocycles. The van der Waals surface area contributed by atoms with Crippen molar-refractivity contribution < 1.29 is 28.6 Å². The van der Waals surface area contributed by atoms with Crippen molar-refractivity contribution in [1.82, 2.24) is 0 Å². The zero-order valence-electron chi connectivity index (χ0n) is 53.2. The molecule has 0 rings (SSSR count). The fraction of sp³-hybridized carbons (Fsp3) is 0.645. The van der Waals surface area contributed by atoms with E-state index in [1.165, 1.54) is 116 Å². The van der Waals surface area contributed by atoms with Crippen molar-refractivity contribution in [1.29, 1.82) is 0 Å². The minimum atomic E-state index is -0.799. The third-order valence-corrected chi connectivity index (χ3v) is 14.1. The van der Waals surface area contributed by atoms with Crippen LogP contribution in [0.4, 0.5) is 0 Å². The van der Waals surface area contributed by atoms with Gasteiger partial charge in [0.25, 0.3) is 0 Å².